The number of amides is 1. The Balaban J connectivity index is 1.66. The molecule has 7 nitrogen and oxygen atoms in total. The Morgan fingerprint density at radius 2 is 2.00 bits per heavy atom. The van der Waals surface area contributed by atoms with Crippen LogP contribution >= 0.6 is 0 Å². The molecule has 0 unspecified atom stereocenters. The van der Waals surface area contributed by atoms with Gasteiger partial charge in [-0.2, -0.15) is 0 Å². The SMILES string of the molecule is COc1ccc(-c2cccc(C(=O)NCCn3cnnc3)c2)cn1. The fourth-order valence-electron chi connectivity index (χ4n) is 2.25. The highest BCUT2D eigenvalue weighted by molar-refractivity contribution is 5.95. The number of carbonyl (C=O) groups excluding carboxylic acids is 1. The van der Waals surface area contributed by atoms with Gasteiger partial charge in [-0.05, 0) is 23.8 Å². The first-order valence-corrected chi connectivity index (χ1v) is 7.47. The molecule has 1 amide bonds. The van der Waals surface area contributed by atoms with Crippen molar-refractivity contribution in [1.82, 2.24) is 25.1 Å². The van der Waals surface area contributed by atoms with Crippen LogP contribution in [0.25, 0.3) is 11.1 Å². The van der Waals surface area contributed by atoms with Crippen molar-refractivity contribution in [2.75, 3.05) is 13.7 Å². The smallest absolute Gasteiger partial charge is 0.251 e. The largest absolute Gasteiger partial charge is 0.481 e. The summed E-state index contributed by atoms with van der Waals surface area (Å²) in [6.07, 6.45) is 4.95. The monoisotopic (exact) mass is 323 g/mol. The van der Waals surface area contributed by atoms with Crippen LogP contribution in [0.1, 0.15) is 10.4 Å². The second kappa shape index (κ2) is 7.36. The van der Waals surface area contributed by atoms with Crippen LogP contribution < -0.4 is 10.1 Å². The maximum Gasteiger partial charge on any atom is 0.251 e. The summed E-state index contributed by atoms with van der Waals surface area (Å²) in [5.41, 5.74) is 2.46. The predicted molar refractivity (Wildman–Crippen MR) is 88.6 cm³/mol. The van der Waals surface area contributed by atoms with E-state index in [0.717, 1.165) is 11.1 Å². The van der Waals surface area contributed by atoms with E-state index in [1.165, 1.54) is 0 Å². The Morgan fingerprint density at radius 1 is 1.17 bits per heavy atom. The van der Waals surface area contributed by atoms with E-state index in [-0.39, 0.29) is 5.91 Å². The molecule has 0 saturated heterocycles. The summed E-state index contributed by atoms with van der Waals surface area (Å²) in [7, 11) is 1.58. The van der Waals surface area contributed by atoms with Gasteiger partial charge in [-0.25, -0.2) is 4.98 Å². The maximum absolute atomic E-state index is 12.3. The van der Waals surface area contributed by atoms with E-state index in [9.17, 15) is 4.79 Å². The molecule has 0 atom stereocenters. The van der Waals surface area contributed by atoms with Crippen molar-refractivity contribution in [2.24, 2.45) is 0 Å². The molecule has 0 saturated carbocycles. The Hall–Kier alpha value is -3.22. The summed E-state index contributed by atoms with van der Waals surface area (Å²) >= 11 is 0. The molecule has 0 aliphatic carbocycles. The van der Waals surface area contributed by atoms with Crippen LogP contribution in [0.15, 0.2) is 55.2 Å². The first-order chi connectivity index (χ1) is 11.8. The molecule has 2 heterocycles. The lowest BCUT2D eigenvalue weighted by atomic mass is 10.0. The number of ether oxygens (including phenoxy) is 1. The summed E-state index contributed by atoms with van der Waals surface area (Å²) in [5, 5.41) is 10.3. The fraction of sp³-hybridized carbons (Fsp3) is 0.176. The molecule has 122 valence electrons. The lowest BCUT2D eigenvalue weighted by Gasteiger charge is -2.08. The molecule has 0 aliphatic heterocycles. The molecule has 1 aromatic carbocycles. The molecule has 0 spiro atoms. The normalized spacial score (nSPS) is 10.4. The van der Waals surface area contributed by atoms with Crippen molar-refractivity contribution in [3.63, 3.8) is 0 Å². The first kappa shape index (κ1) is 15.7. The summed E-state index contributed by atoms with van der Waals surface area (Å²) in [6, 6.07) is 11.1. The number of hydrogen-bond donors (Lipinski definition) is 1. The molecule has 3 rings (SSSR count). The highest BCUT2D eigenvalue weighted by Crippen LogP contribution is 2.21. The zero-order chi connectivity index (χ0) is 16.8. The quantitative estimate of drug-likeness (QED) is 0.748. The third-order valence-corrected chi connectivity index (χ3v) is 3.53. The van der Waals surface area contributed by atoms with Crippen molar-refractivity contribution in [2.45, 2.75) is 6.54 Å². The first-order valence-electron chi connectivity index (χ1n) is 7.47. The fourth-order valence-corrected chi connectivity index (χ4v) is 2.25. The Kier molecular flexibility index (Phi) is 4.81. The topological polar surface area (TPSA) is 81.9 Å². The number of methoxy groups -OCH3 is 1. The number of nitrogens with one attached hydrogen (secondary N) is 1. The van der Waals surface area contributed by atoms with Crippen LogP contribution in [0.5, 0.6) is 5.88 Å². The van der Waals surface area contributed by atoms with Gasteiger partial charge in [0.2, 0.25) is 5.88 Å². The van der Waals surface area contributed by atoms with Gasteiger partial charge in [0.15, 0.2) is 0 Å². The van der Waals surface area contributed by atoms with Gasteiger partial charge in [0.1, 0.15) is 12.7 Å². The molecule has 2 aromatic heterocycles. The highest BCUT2D eigenvalue weighted by atomic mass is 16.5. The maximum atomic E-state index is 12.3. The second-order valence-electron chi connectivity index (χ2n) is 5.13. The summed E-state index contributed by atoms with van der Waals surface area (Å²) in [6.45, 7) is 1.13. The number of nitrogens with zero attached hydrogens (tertiary/aromatic N) is 4. The van der Waals surface area contributed by atoms with Gasteiger partial charge in [0, 0.05) is 36.5 Å². The van der Waals surface area contributed by atoms with Crippen molar-refractivity contribution < 1.29 is 9.53 Å². The molecule has 1 N–H and O–H groups in total. The minimum absolute atomic E-state index is 0.119. The molecule has 0 aliphatic rings. The summed E-state index contributed by atoms with van der Waals surface area (Å²) in [4.78, 5) is 16.5. The molecule has 0 radical (unpaired) electrons. The van der Waals surface area contributed by atoms with Crippen LogP contribution in [0.3, 0.4) is 0 Å². The van der Waals surface area contributed by atoms with Gasteiger partial charge in [0.05, 0.1) is 7.11 Å². The van der Waals surface area contributed by atoms with E-state index in [2.05, 4.69) is 20.5 Å². The van der Waals surface area contributed by atoms with Crippen molar-refractivity contribution in [3.05, 3.63) is 60.8 Å². The van der Waals surface area contributed by atoms with E-state index >= 15 is 0 Å². The predicted octanol–water partition coefficient (Wildman–Crippen LogP) is 1.78. The number of aromatic nitrogens is 4. The van der Waals surface area contributed by atoms with E-state index in [1.54, 1.807) is 42.7 Å². The molecule has 0 fully saturated rings. The van der Waals surface area contributed by atoms with Crippen molar-refractivity contribution >= 4 is 5.91 Å². The van der Waals surface area contributed by atoms with Crippen molar-refractivity contribution in [3.8, 4) is 17.0 Å². The summed E-state index contributed by atoms with van der Waals surface area (Å²) < 4.78 is 6.86. The van der Waals surface area contributed by atoms with Gasteiger partial charge in [-0.3, -0.25) is 4.79 Å². The lowest BCUT2D eigenvalue weighted by molar-refractivity contribution is 0.0952. The Labute approximate surface area is 139 Å². The number of hydrogen-bond acceptors (Lipinski definition) is 5. The van der Waals surface area contributed by atoms with Crippen LogP contribution in [0, 0.1) is 0 Å². The lowest BCUT2D eigenvalue weighted by Crippen LogP contribution is -2.26. The minimum Gasteiger partial charge on any atom is -0.481 e. The van der Waals surface area contributed by atoms with Crippen LogP contribution in [0.4, 0.5) is 0 Å². The van der Waals surface area contributed by atoms with Gasteiger partial charge in [-0.15, -0.1) is 10.2 Å². The molecule has 0 bridgehead atoms. The van der Waals surface area contributed by atoms with Crippen molar-refractivity contribution in [1.29, 1.82) is 0 Å². The number of rotatable bonds is 6. The average molecular weight is 323 g/mol. The second-order valence-corrected chi connectivity index (χ2v) is 5.13. The minimum atomic E-state index is -0.119. The highest BCUT2D eigenvalue weighted by Gasteiger charge is 2.07. The zero-order valence-corrected chi connectivity index (χ0v) is 13.2. The molecule has 7 heteroatoms. The van der Waals surface area contributed by atoms with Crippen LogP contribution in [-0.4, -0.2) is 39.3 Å². The van der Waals surface area contributed by atoms with E-state index < -0.39 is 0 Å². The molecular formula is C17H17N5O2. The number of benzene rings is 1. The van der Waals surface area contributed by atoms with Gasteiger partial charge in [0.25, 0.3) is 5.91 Å². The van der Waals surface area contributed by atoms with E-state index in [4.69, 9.17) is 4.74 Å². The third-order valence-electron chi connectivity index (χ3n) is 3.53. The van der Waals surface area contributed by atoms with Gasteiger partial charge < -0.3 is 14.6 Å². The number of carbonyl (C=O) groups is 1. The zero-order valence-electron chi connectivity index (χ0n) is 13.2. The molecule has 24 heavy (non-hydrogen) atoms. The van der Waals surface area contributed by atoms with Crippen LogP contribution in [0.2, 0.25) is 0 Å². The third kappa shape index (κ3) is 3.75. The molecule has 3 aromatic rings. The van der Waals surface area contributed by atoms with Gasteiger partial charge >= 0.3 is 0 Å². The molecular weight excluding hydrogens is 306 g/mol. The standard InChI is InChI=1S/C17H17N5O2/c1-24-16-6-5-15(10-19-16)13-3-2-4-14(9-13)17(23)18-7-8-22-11-20-21-12-22/h2-6,9-12H,7-8H2,1H3,(H,18,23). The van der Waals surface area contributed by atoms with Crippen LogP contribution in [-0.2, 0) is 6.54 Å². The Morgan fingerprint density at radius 3 is 2.71 bits per heavy atom. The van der Waals surface area contributed by atoms with E-state index in [0.29, 0.717) is 24.5 Å². The van der Waals surface area contributed by atoms with Gasteiger partial charge in [-0.1, -0.05) is 12.1 Å². The average Bonchev–Trinajstić information content (AvgIpc) is 3.15. The Bertz CT molecular complexity index is 800. The van der Waals surface area contributed by atoms with E-state index in [1.807, 2.05) is 24.3 Å². The summed E-state index contributed by atoms with van der Waals surface area (Å²) in [5.74, 6) is 0.438. The number of pyridine rings is 1.